The maximum absolute atomic E-state index is 10.9. The standard InChI is InChI=1S/C16H18O.C10H14N2S.C9H17NO.C2H6/c1-4-5-16(17-3)15-9-8-13-10-12(2)6-7-14(13)11-15;1-5-7-12(4)10(11)9(3)8-13-6-2;1-3-9-4-6-10(7-5-9)8(2)11;1-2/h5-11H,4H2,1-3H3;1,6,8,11H,2,7H2,3-4H3;9H,3-7H2,1-2H3;1-2H3/b16-5+;9-8+,11-10?;;. The highest BCUT2D eigenvalue weighted by atomic mass is 32.2. The first-order valence-corrected chi connectivity index (χ1v) is 16.2. The van der Waals surface area contributed by atoms with Crippen LogP contribution in [0.1, 0.15) is 78.4 Å². The fourth-order valence-electron chi connectivity index (χ4n) is 4.40. The van der Waals surface area contributed by atoms with Gasteiger partial charge in [-0.15, -0.1) is 18.2 Å². The molecule has 0 unspecified atom stereocenters. The number of nitrogens with one attached hydrogen (secondary N) is 1. The van der Waals surface area contributed by atoms with Crippen LogP contribution in [-0.2, 0) is 9.53 Å². The average Bonchev–Trinajstić information content (AvgIpc) is 3.03. The number of amidine groups is 1. The number of allylic oxidation sites excluding steroid dienone is 1. The van der Waals surface area contributed by atoms with Gasteiger partial charge in [0.15, 0.2) is 0 Å². The molecule has 5 nitrogen and oxygen atoms in total. The second-order valence-electron chi connectivity index (χ2n) is 10.1. The molecule has 1 saturated heterocycles. The SMILES string of the molecule is C#CCN(C)C(=N)/C(C)=C/SC=C.CC.CC/C=C(/OC)c1ccc2cc(C)ccc2c1.CCC1CCN(C(C)=O)CC1. The number of aryl methyl sites for hydroxylation is 1. The molecule has 0 bridgehead atoms. The number of carbonyl (C=O) groups is 1. The number of hydrogen-bond acceptors (Lipinski definition) is 4. The molecule has 2 aromatic rings. The van der Waals surface area contributed by atoms with E-state index >= 15 is 0 Å². The summed E-state index contributed by atoms with van der Waals surface area (Å²) in [5.74, 6) is 5.00. The van der Waals surface area contributed by atoms with E-state index in [0.717, 1.165) is 42.3 Å². The van der Waals surface area contributed by atoms with Gasteiger partial charge in [0, 0.05) is 32.6 Å². The van der Waals surface area contributed by atoms with Gasteiger partial charge in [-0.1, -0.05) is 82.5 Å². The average molecular weight is 606 g/mol. The summed E-state index contributed by atoms with van der Waals surface area (Å²) in [4.78, 5) is 14.6. The van der Waals surface area contributed by atoms with E-state index < -0.39 is 0 Å². The van der Waals surface area contributed by atoms with Crippen molar-refractivity contribution in [2.75, 3.05) is 33.8 Å². The molecule has 43 heavy (non-hydrogen) atoms. The quantitative estimate of drug-likeness (QED) is 0.141. The minimum atomic E-state index is 0.236. The van der Waals surface area contributed by atoms with Crippen molar-refractivity contribution in [3.05, 3.63) is 76.6 Å². The molecule has 3 rings (SSSR count). The van der Waals surface area contributed by atoms with Gasteiger partial charge in [0.1, 0.15) is 11.6 Å². The number of likely N-dealkylation sites (N-methyl/N-ethyl adjacent to an activating group) is 1. The molecule has 1 amide bonds. The first kappa shape index (κ1) is 39.6. The first-order valence-electron chi connectivity index (χ1n) is 15.3. The van der Waals surface area contributed by atoms with E-state index in [-0.39, 0.29) is 5.91 Å². The number of fused-ring (bicyclic) bond motifs is 1. The molecule has 0 saturated carbocycles. The van der Waals surface area contributed by atoms with E-state index in [1.807, 2.05) is 31.1 Å². The number of hydrogen-bond donors (Lipinski definition) is 1. The molecule has 0 spiro atoms. The smallest absolute Gasteiger partial charge is 0.219 e. The summed E-state index contributed by atoms with van der Waals surface area (Å²) in [5, 5.41) is 13.8. The van der Waals surface area contributed by atoms with Crippen molar-refractivity contribution in [3.63, 3.8) is 0 Å². The van der Waals surface area contributed by atoms with Crippen LogP contribution >= 0.6 is 11.8 Å². The van der Waals surface area contributed by atoms with Crippen LogP contribution in [-0.4, -0.2) is 55.3 Å². The van der Waals surface area contributed by atoms with E-state index in [1.165, 1.54) is 47.4 Å². The fraction of sp³-hybridized carbons (Fsp3) is 0.459. The number of carbonyl (C=O) groups excluding carboxylic acids is 1. The number of amides is 1. The minimum absolute atomic E-state index is 0.236. The van der Waals surface area contributed by atoms with Crippen LogP contribution < -0.4 is 0 Å². The normalized spacial score (nSPS) is 13.2. The van der Waals surface area contributed by atoms with Gasteiger partial charge in [-0.2, -0.15) is 0 Å². The van der Waals surface area contributed by atoms with Crippen molar-refractivity contribution >= 4 is 40.0 Å². The lowest BCUT2D eigenvalue weighted by molar-refractivity contribution is -0.130. The van der Waals surface area contributed by atoms with E-state index in [1.54, 1.807) is 31.4 Å². The highest BCUT2D eigenvalue weighted by molar-refractivity contribution is 8.04. The van der Waals surface area contributed by atoms with E-state index in [9.17, 15) is 4.79 Å². The Bertz CT molecular complexity index is 1230. The van der Waals surface area contributed by atoms with Gasteiger partial charge in [-0.05, 0) is 78.3 Å². The Hall–Kier alpha value is -3.43. The Morgan fingerprint density at radius 3 is 2.28 bits per heavy atom. The predicted molar refractivity (Wildman–Crippen MR) is 191 cm³/mol. The molecule has 6 heteroatoms. The Morgan fingerprint density at radius 1 is 1.16 bits per heavy atom. The van der Waals surface area contributed by atoms with Crippen molar-refractivity contribution in [3.8, 4) is 12.3 Å². The van der Waals surface area contributed by atoms with Crippen LogP contribution in [0.4, 0.5) is 0 Å². The maximum Gasteiger partial charge on any atom is 0.219 e. The Labute approximate surface area is 267 Å². The third kappa shape index (κ3) is 15.0. The zero-order valence-electron chi connectivity index (χ0n) is 28.1. The molecule has 1 aliphatic heterocycles. The van der Waals surface area contributed by atoms with Crippen LogP contribution in [0, 0.1) is 30.6 Å². The molecule has 1 aliphatic rings. The van der Waals surface area contributed by atoms with Crippen LogP contribution in [0.15, 0.2) is 65.4 Å². The third-order valence-corrected chi connectivity index (χ3v) is 7.63. The van der Waals surface area contributed by atoms with Crippen molar-refractivity contribution in [1.29, 1.82) is 5.41 Å². The van der Waals surface area contributed by atoms with Crippen LogP contribution in [0.25, 0.3) is 16.5 Å². The highest BCUT2D eigenvalue weighted by Gasteiger charge is 2.18. The molecule has 0 radical (unpaired) electrons. The number of piperidine rings is 1. The molecule has 1 fully saturated rings. The molecule has 236 valence electrons. The van der Waals surface area contributed by atoms with Crippen molar-refractivity contribution < 1.29 is 9.53 Å². The van der Waals surface area contributed by atoms with Crippen molar-refractivity contribution in [2.45, 2.75) is 74.1 Å². The second-order valence-corrected chi connectivity index (χ2v) is 11.0. The molecular formula is C37H55N3O2S. The summed E-state index contributed by atoms with van der Waals surface area (Å²) in [7, 11) is 3.53. The molecular weight excluding hydrogens is 550 g/mol. The molecule has 2 aromatic carbocycles. The zero-order valence-corrected chi connectivity index (χ0v) is 28.9. The van der Waals surface area contributed by atoms with Gasteiger partial charge in [-0.25, -0.2) is 0 Å². The summed E-state index contributed by atoms with van der Waals surface area (Å²) >= 11 is 1.46. The summed E-state index contributed by atoms with van der Waals surface area (Å²) < 4.78 is 5.41. The third-order valence-electron chi connectivity index (χ3n) is 6.95. The van der Waals surface area contributed by atoms with Gasteiger partial charge in [0.25, 0.3) is 0 Å². The lowest BCUT2D eigenvalue weighted by atomic mass is 9.94. The van der Waals surface area contributed by atoms with Gasteiger partial charge < -0.3 is 14.5 Å². The Kier molecular flexibility index (Phi) is 21.2. The molecule has 0 aliphatic carbocycles. The van der Waals surface area contributed by atoms with Crippen LogP contribution in [0.2, 0.25) is 0 Å². The second kappa shape index (κ2) is 23.1. The lowest BCUT2D eigenvalue weighted by Gasteiger charge is -2.30. The summed E-state index contributed by atoms with van der Waals surface area (Å²) in [6.45, 7) is 20.0. The number of likely N-dealkylation sites (tertiary alicyclic amines) is 1. The maximum atomic E-state index is 10.9. The minimum Gasteiger partial charge on any atom is -0.496 e. The summed E-state index contributed by atoms with van der Waals surface area (Å²) in [6, 6.07) is 13.0. The number of ether oxygens (including phenoxy) is 1. The zero-order chi connectivity index (χ0) is 32.8. The number of methoxy groups -OCH3 is 1. The summed E-state index contributed by atoms with van der Waals surface area (Å²) in [5.41, 5.74) is 3.33. The van der Waals surface area contributed by atoms with E-state index in [0.29, 0.717) is 12.4 Å². The topological polar surface area (TPSA) is 56.6 Å². The predicted octanol–water partition coefficient (Wildman–Crippen LogP) is 9.54. The van der Waals surface area contributed by atoms with E-state index in [4.69, 9.17) is 16.6 Å². The molecule has 1 heterocycles. The van der Waals surface area contributed by atoms with Gasteiger partial charge in [0.05, 0.1) is 13.7 Å². The summed E-state index contributed by atoms with van der Waals surface area (Å²) in [6.07, 6.45) is 11.9. The van der Waals surface area contributed by atoms with Crippen molar-refractivity contribution in [2.24, 2.45) is 5.92 Å². The van der Waals surface area contributed by atoms with Gasteiger partial charge >= 0.3 is 0 Å². The number of terminal acetylenes is 1. The highest BCUT2D eigenvalue weighted by Crippen LogP contribution is 2.23. The molecule has 0 aromatic heterocycles. The number of thioether (sulfide) groups is 1. The number of rotatable bonds is 8. The monoisotopic (exact) mass is 605 g/mol. The molecule has 1 N–H and O–H groups in total. The Morgan fingerprint density at radius 2 is 1.77 bits per heavy atom. The van der Waals surface area contributed by atoms with Crippen molar-refractivity contribution in [1.82, 2.24) is 9.80 Å². The largest absolute Gasteiger partial charge is 0.496 e. The van der Waals surface area contributed by atoms with Crippen LogP contribution in [0.5, 0.6) is 0 Å². The molecule has 0 atom stereocenters. The number of nitrogens with zero attached hydrogens (tertiary/aromatic N) is 2. The number of benzene rings is 2. The van der Waals surface area contributed by atoms with Crippen LogP contribution in [0.3, 0.4) is 0 Å². The van der Waals surface area contributed by atoms with Gasteiger partial charge in [-0.3, -0.25) is 10.2 Å². The lowest BCUT2D eigenvalue weighted by Crippen LogP contribution is -2.36. The van der Waals surface area contributed by atoms with Gasteiger partial charge in [0.2, 0.25) is 5.91 Å². The fourth-order valence-corrected chi connectivity index (χ4v) is 4.81. The first-order chi connectivity index (χ1) is 20.6. The van der Waals surface area contributed by atoms with E-state index in [2.05, 4.69) is 75.7 Å². The Balaban J connectivity index is 0.000000613.